The van der Waals surface area contributed by atoms with Gasteiger partial charge >= 0.3 is 0 Å². The Bertz CT molecular complexity index is 743. The first-order valence-corrected chi connectivity index (χ1v) is 8.65. The smallest absolute Gasteiger partial charge is 0.161 e. The van der Waals surface area contributed by atoms with E-state index in [0.29, 0.717) is 5.75 Å². The highest BCUT2D eigenvalue weighted by Gasteiger charge is 2.16. The fraction of sp³-hybridized carbons (Fsp3) is 0.316. The van der Waals surface area contributed by atoms with E-state index < -0.39 is 0 Å². The van der Waals surface area contributed by atoms with Crippen molar-refractivity contribution in [1.29, 1.82) is 0 Å². The lowest BCUT2D eigenvalue weighted by atomic mass is 10.2. The Labute approximate surface area is 153 Å². The second-order valence-electron chi connectivity index (χ2n) is 6.00. The minimum Gasteiger partial charge on any atom is -0.504 e. The molecule has 0 aromatic heterocycles. The Kier molecular flexibility index (Phi) is 5.79. The third kappa shape index (κ3) is 4.65. The number of piperazine rings is 1. The molecule has 3 rings (SSSR count). The minimum atomic E-state index is 0.132. The van der Waals surface area contributed by atoms with Crippen molar-refractivity contribution >= 4 is 17.8 Å². The third-order valence-electron chi connectivity index (χ3n) is 4.27. The lowest BCUT2D eigenvalue weighted by Gasteiger charge is -2.33. The van der Waals surface area contributed by atoms with Gasteiger partial charge in [-0.15, -0.1) is 0 Å². The summed E-state index contributed by atoms with van der Waals surface area (Å²) >= 11 is 6.24. The Hall–Kier alpha value is -2.24. The van der Waals surface area contributed by atoms with Crippen LogP contribution >= 0.6 is 11.6 Å². The van der Waals surface area contributed by atoms with Gasteiger partial charge in [0.25, 0.3) is 0 Å². The van der Waals surface area contributed by atoms with E-state index in [1.807, 2.05) is 24.3 Å². The first-order valence-electron chi connectivity index (χ1n) is 8.27. The van der Waals surface area contributed by atoms with Gasteiger partial charge in [0, 0.05) is 37.7 Å². The monoisotopic (exact) mass is 359 g/mol. The summed E-state index contributed by atoms with van der Waals surface area (Å²) in [7, 11) is 1.54. The molecule has 5 nitrogen and oxygen atoms in total. The van der Waals surface area contributed by atoms with Crippen molar-refractivity contribution in [3.05, 3.63) is 58.6 Å². The number of phenols is 1. The lowest BCUT2D eigenvalue weighted by Crippen LogP contribution is -2.43. The van der Waals surface area contributed by atoms with Gasteiger partial charge in [-0.1, -0.05) is 29.8 Å². The summed E-state index contributed by atoms with van der Waals surface area (Å²) in [4.78, 5) is 2.39. The predicted molar refractivity (Wildman–Crippen MR) is 101 cm³/mol. The van der Waals surface area contributed by atoms with E-state index in [0.717, 1.165) is 48.9 Å². The van der Waals surface area contributed by atoms with Crippen LogP contribution in [0.2, 0.25) is 5.02 Å². The molecule has 0 atom stereocenters. The molecule has 6 heteroatoms. The standard InChI is InChI=1S/C19H22ClN3O2/c1-25-19-12-15(6-7-18(19)24)13-21-23-10-8-22(9-11-23)14-16-4-2-3-5-17(16)20/h2-7,12-13,24H,8-11,14H2,1H3. The van der Waals surface area contributed by atoms with Crippen LogP contribution in [0.1, 0.15) is 11.1 Å². The number of aromatic hydroxyl groups is 1. The van der Waals surface area contributed by atoms with Crippen molar-refractivity contribution in [2.75, 3.05) is 33.3 Å². The zero-order valence-electron chi connectivity index (χ0n) is 14.2. The van der Waals surface area contributed by atoms with Crippen molar-refractivity contribution < 1.29 is 9.84 Å². The van der Waals surface area contributed by atoms with E-state index in [1.54, 1.807) is 18.3 Å². The highest BCUT2D eigenvalue weighted by atomic mass is 35.5. The van der Waals surface area contributed by atoms with E-state index in [1.165, 1.54) is 7.11 Å². The topological polar surface area (TPSA) is 48.3 Å². The molecule has 1 aliphatic heterocycles. The molecule has 0 bridgehead atoms. The van der Waals surface area contributed by atoms with Gasteiger partial charge in [0.2, 0.25) is 0 Å². The summed E-state index contributed by atoms with van der Waals surface area (Å²) in [6.45, 7) is 4.50. The molecule has 25 heavy (non-hydrogen) atoms. The van der Waals surface area contributed by atoms with E-state index in [-0.39, 0.29) is 5.75 Å². The van der Waals surface area contributed by atoms with Gasteiger partial charge in [0.05, 0.1) is 13.3 Å². The minimum absolute atomic E-state index is 0.132. The molecule has 0 radical (unpaired) electrons. The van der Waals surface area contributed by atoms with Gasteiger partial charge in [-0.25, -0.2) is 0 Å². The Morgan fingerprint density at radius 3 is 2.64 bits per heavy atom. The number of methoxy groups -OCH3 is 1. The maximum Gasteiger partial charge on any atom is 0.161 e. The van der Waals surface area contributed by atoms with E-state index in [2.05, 4.69) is 21.1 Å². The molecule has 1 heterocycles. The number of ether oxygens (including phenoxy) is 1. The van der Waals surface area contributed by atoms with Gasteiger partial charge in [-0.05, 0) is 35.4 Å². The van der Waals surface area contributed by atoms with Gasteiger partial charge < -0.3 is 9.84 Å². The van der Waals surface area contributed by atoms with Crippen molar-refractivity contribution in [3.63, 3.8) is 0 Å². The van der Waals surface area contributed by atoms with Crippen LogP contribution in [-0.4, -0.2) is 54.5 Å². The van der Waals surface area contributed by atoms with Crippen LogP contribution in [0.4, 0.5) is 0 Å². The average Bonchev–Trinajstić information content (AvgIpc) is 2.64. The van der Waals surface area contributed by atoms with Crippen molar-refractivity contribution in [1.82, 2.24) is 9.91 Å². The maximum absolute atomic E-state index is 9.63. The highest BCUT2D eigenvalue weighted by Crippen LogP contribution is 2.25. The molecular formula is C19H22ClN3O2. The molecule has 0 saturated carbocycles. The molecule has 1 N–H and O–H groups in total. The lowest BCUT2D eigenvalue weighted by molar-refractivity contribution is 0.131. The second kappa shape index (κ2) is 8.23. The zero-order valence-corrected chi connectivity index (χ0v) is 15.0. The van der Waals surface area contributed by atoms with E-state index in [9.17, 15) is 5.11 Å². The zero-order chi connectivity index (χ0) is 17.6. The summed E-state index contributed by atoms with van der Waals surface area (Å²) in [5, 5.41) is 17.0. The first-order chi connectivity index (χ1) is 12.2. The predicted octanol–water partition coefficient (Wildman–Crippen LogP) is 3.21. The molecule has 1 saturated heterocycles. The number of hydrogen-bond donors (Lipinski definition) is 1. The fourth-order valence-electron chi connectivity index (χ4n) is 2.80. The SMILES string of the molecule is COc1cc(C=NN2CCN(Cc3ccccc3Cl)CC2)ccc1O. The van der Waals surface area contributed by atoms with Crippen LogP contribution < -0.4 is 4.74 Å². The molecule has 2 aromatic carbocycles. The summed E-state index contributed by atoms with van der Waals surface area (Å²) in [6, 6.07) is 13.2. The van der Waals surface area contributed by atoms with Crippen LogP contribution in [-0.2, 0) is 6.54 Å². The van der Waals surface area contributed by atoms with E-state index in [4.69, 9.17) is 16.3 Å². The maximum atomic E-state index is 9.63. The van der Waals surface area contributed by atoms with Crippen LogP contribution in [0.5, 0.6) is 11.5 Å². The van der Waals surface area contributed by atoms with Crippen LogP contribution in [0.15, 0.2) is 47.6 Å². The van der Waals surface area contributed by atoms with Crippen molar-refractivity contribution in [3.8, 4) is 11.5 Å². The Morgan fingerprint density at radius 1 is 1.16 bits per heavy atom. The van der Waals surface area contributed by atoms with Crippen molar-refractivity contribution in [2.24, 2.45) is 5.10 Å². The van der Waals surface area contributed by atoms with Crippen LogP contribution in [0, 0.1) is 0 Å². The summed E-state index contributed by atoms with van der Waals surface area (Å²) in [6.07, 6.45) is 1.80. The molecule has 1 fully saturated rings. The summed E-state index contributed by atoms with van der Waals surface area (Å²) in [5.41, 5.74) is 2.06. The van der Waals surface area contributed by atoms with Gasteiger partial charge in [-0.2, -0.15) is 5.10 Å². The summed E-state index contributed by atoms with van der Waals surface area (Å²) < 4.78 is 5.12. The largest absolute Gasteiger partial charge is 0.504 e. The molecule has 132 valence electrons. The quantitative estimate of drug-likeness (QED) is 0.833. The molecule has 2 aromatic rings. The molecule has 1 aliphatic rings. The molecular weight excluding hydrogens is 338 g/mol. The number of hydrogen-bond acceptors (Lipinski definition) is 5. The second-order valence-corrected chi connectivity index (χ2v) is 6.40. The van der Waals surface area contributed by atoms with Gasteiger partial charge in [0.1, 0.15) is 0 Å². The van der Waals surface area contributed by atoms with Crippen molar-refractivity contribution in [2.45, 2.75) is 6.54 Å². The molecule has 0 amide bonds. The average molecular weight is 360 g/mol. The first kappa shape index (κ1) is 17.6. The third-order valence-corrected chi connectivity index (χ3v) is 4.64. The number of phenolic OH excluding ortho intramolecular Hbond substituents is 1. The Morgan fingerprint density at radius 2 is 1.92 bits per heavy atom. The number of hydrazone groups is 1. The number of rotatable bonds is 5. The van der Waals surface area contributed by atoms with Gasteiger partial charge in [0.15, 0.2) is 11.5 Å². The number of halogens is 1. The number of nitrogens with zero attached hydrogens (tertiary/aromatic N) is 3. The molecule has 0 spiro atoms. The van der Waals surface area contributed by atoms with Crippen LogP contribution in [0.3, 0.4) is 0 Å². The normalized spacial score (nSPS) is 15.7. The fourth-order valence-corrected chi connectivity index (χ4v) is 3.00. The van der Waals surface area contributed by atoms with Gasteiger partial charge in [-0.3, -0.25) is 9.91 Å². The number of benzene rings is 2. The van der Waals surface area contributed by atoms with Crippen LogP contribution in [0.25, 0.3) is 0 Å². The molecule has 0 unspecified atom stereocenters. The van der Waals surface area contributed by atoms with E-state index >= 15 is 0 Å². The summed E-state index contributed by atoms with van der Waals surface area (Å²) in [5.74, 6) is 0.585. The highest BCUT2D eigenvalue weighted by molar-refractivity contribution is 6.31. The molecule has 0 aliphatic carbocycles. The Balaban J connectivity index is 1.53.